The molecule has 2 fully saturated rings. The number of nitrogens with zero attached hydrogens (tertiary/aromatic N) is 6. The highest BCUT2D eigenvalue weighted by Crippen LogP contribution is 2.40. The molecule has 1 aliphatic carbocycles. The zero-order valence-electron chi connectivity index (χ0n) is 19.8. The number of carboxylic acid groups (broad SMARTS) is 1. The summed E-state index contributed by atoms with van der Waals surface area (Å²) in [5, 5.41) is 25.9. The molecule has 1 amide bonds. The molecule has 7 N–H and O–H groups in total. The van der Waals surface area contributed by atoms with E-state index in [-0.39, 0.29) is 40.2 Å². The van der Waals surface area contributed by atoms with E-state index in [1.165, 1.54) is 11.6 Å². The van der Waals surface area contributed by atoms with Crippen molar-refractivity contribution in [2.24, 2.45) is 16.8 Å². The maximum absolute atomic E-state index is 13.2. The molecule has 17 nitrogen and oxygen atoms in total. The average Bonchev–Trinajstić information content (AvgIpc) is 3.31. The van der Waals surface area contributed by atoms with Crippen LogP contribution in [0.15, 0.2) is 16.7 Å². The second-order valence-electron chi connectivity index (χ2n) is 8.67. The third-order valence-corrected chi connectivity index (χ3v) is 7.57. The van der Waals surface area contributed by atoms with Crippen molar-refractivity contribution in [3.05, 3.63) is 23.0 Å². The number of oxime groups is 1. The average molecular weight is 572 g/mol. The number of hydrogen-bond acceptors (Lipinski definition) is 14. The summed E-state index contributed by atoms with van der Waals surface area (Å²) in [6.07, 6.45) is 1.29. The molecule has 19 heteroatoms. The van der Waals surface area contributed by atoms with E-state index in [0.29, 0.717) is 25.3 Å². The van der Waals surface area contributed by atoms with Crippen LogP contribution in [-0.2, 0) is 42.6 Å². The Labute approximate surface area is 219 Å². The first kappa shape index (κ1) is 27.5. The molecule has 0 bridgehead atoms. The van der Waals surface area contributed by atoms with E-state index in [2.05, 4.69) is 25.7 Å². The molecule has 4 rings (SSSR count). The highest BCUT2D eigenvalue weighted by atomic mass is 32.2. The zero-order chi connectivity index (χ0) is 27.7. The van der Waals surface area contributed by atoms with Gasteiger partial charge in [0.2, 0.25) is 11.5 Å². The summed E-state index contributed by atoms with van der Waals surface area (Å²) >= 11 is 1.00. The summed E-state index contributed by atoms with van der Waals surface area (Å²) in [4.78, 5) is 47.7. The summed E-state index contributed by atoms with van der Waals surface area (Å²) in [6.45, 7) is 1.06. The maximum atomic E-state index is 13.2. The van der Waals surface area contributed by atoms with Crippen molar-refractivity contribution >= 4 is 50.1 Å². The topological polar surface area (TPSA) is 258 Å². The van der Waals surface area contributed by atoms with Crippen molar-refractivity contribution in [2.45, 2.75) is 44.0 Å². The number of carbonyl (C=O) groups excluding carboxylic acids is 2. The van der Waals surface area contributed by atoms with Gasteiger partial charge in [-0.25, -0.2) is 14.1 Å². The fraction of sp³-hybridized carbons (Fsp3) is 0.526. The van der Waals surface area contributed by atoms with Gasteiger partial charge in [-0.2, -0.15) is 23.4 Å². The molecular weight excluding hydrogens is 546 g/mol. The van der Waals surface area contributed by atoms with E-state index < -0.39 is 51.9 Å². The first-order valence-corrected chi connectivity index (χ1v) is 13.6. The van der Waals surface area contributed by atoms with Crippen molar-refractivity contribution in [3.8, 4) is 0 Å². The Hall–Kier alpha value is -3.52. The highest BCUT2D eigenvalue weighted by molar-refractivity contribution is 7.84. The van der Waals surface area contributed by atoms with Crippen LogP contribution in [0.4, 0.5) is 5.13 Å². The van der Waals surface area contributed by atoms with Gasteiger partial charge in [-0.15, -0.1) is 11.3 Å². The fourth-order valence-corrected chi connectivity index (χ4v) is 5.26. The molecule has 206 valence electrons. The minimum Gasteiger partial charge on any atom is -0.478 e. The third kappa shape index (κ3) is 5.80. The third-order valence-electron chi connectivity index (χ3n) is 5.95. The number of nitrogens with two attached hydrogens (primary N) is 2. The SMILES string of the molecule is NCCNCc1cnn(C[C@@H]2[C@H](CC(=O)/C(=N\OC3(C(=O)O)CC3)c3csc(N)n3)C(=O)N2S(=O)(=O)O)n1. The van der Waals surface area contributed by atoms with Gasteiger partial charge in [0.15, 0.2) is 16.6 Å². The van der Waals surface area contributed by atoms with E-state index in [1.807, 2.05) is 0 Å². The number of β-lactam (4-membered cyclic amide) rings is 1. The molecule has 1 saturated heterocycles. The number of nitrogen functional groups attached to an aromatic ring is 1. The molecule has 2 atom stereocenters. The highest BCUT2D eigenvalue weighted by Gasteiger charge is 2.56. The summed E-state index contributed by atoms with van der Waals surface area (Å²) < 4.78 is 33.6. The number of nitrogens with one attached hydrogen (secondary N) is 1. The second kappa shape index (κ2) is 10.7. The number of thiazole rings is 1. The van der Waals surface area contributed by atoms with Crippen LogP contribution in [0.2, 0.25) is 0 Å². The summed E-state index contributed by atoms with van der Waals surface area (Å²) in [5.41, 5.74) is 9.70. The molecule has 1 saturated carbocycles. The lowest BCUT2D eigenvalue weighted by molar-refractivity contribution is -0.153. The molecule has 3 heterocycles. The van der Waals surface area contributed by atoms with Crippen molar-refractivity contribution in [2.75, 3.05) is 18.8 Å². The van der Waals surface area contributed by atoms with Crippen LogP contribution in [0.5, 0.6) is 0 Å². The van der Waals surface area contributed by atoms with Crippen molar-refractivity contribution < 1.29 is 37.3 Å². The Bertz CT molecular complexity index is 1370. The van der Waals surface area contributed by atoms with E-state index in [4.69, 9.17) is 16.3 Å². The predicted molar refractivity (Wildman–Crippen MR) is 130 cm³/mol. The number of amides is 1. The van der Waals surface area contributed by atoms with Crippen molar-refractivity contribution in [1.82, 2.24) is 29.6 Å². The van der Waals surface area contributed by atoms with Crippen LogP contribution in [-0.4, -0.2) is 90.5 Å². The molecule has 2 aromatic rings. The predicted octanol–water partition coefficient (Wildman–Crippen LogP) is -2.01. The number of aromatic nitrogens is 4. The number of rotatable bonds is 14. The fourth-order valence-electron chi connectivity index (χ4n) is 3.79. The lowest BCUT2D eigenvalue weighted by Gasteiger charge is -2.43. The molecule has 0 unspecified atom stereocenters. The van der Waals surface area contributed by atoms with Crippen LogP contribution in [0.25, 0.3) is 0 Å². The van der Waals surface area contributed by atoms with Gasteiger partial charge in [-0.05, 0) is 0 Å². The number of anilines is 1. The Morgan fingerprint density at radius 1 is 1.37 bits per heavy atom. The van der Waals surface area contributed by atoms with Gasteiger partial charge in [0.05, 0.1) is 30.4 Å². The number of aliphatic carboxylic acids is 1. The molecule has 38 heavy (non-hydrogen) atoms. The first-order valence-electron chi connectivity index (χ1n) is 11.3. The van der Waals surface area contributed by atoms with Crippen LogP contribution in [0, 0.1) is 5.92 Å². The van der Waals surface area contributed by atoms with Crippen molar-refractivity contribution in [1.29, 1.82) is 0 Å². The summed E-state index contributed by atoms with van der Waals surface area (Å²) in [6, 6.07) is -1.19. The van der Waals surface area contributed by atoms with Crippen molar-refractivity contribution in [3.63, 3.8) is 0 Å². The largest absolute Gasteiger partial charge is 0.478 e. The first-order chi connectivity index (χ1) is 17.9. The maximum Gasteiger partial charge on any atom is 0.362 e. The number of Topliss-reactive ketones (excluding diaryl/α,β-unsaturated/α-hetero) is 1. The summed E-state index contributed by atoms with van der Waals surface area (Å²) in [5.74, 6) is -4.21. The van der Waals surface area contributed by atoms with Gasteiger partial charge in [0.25, 0.3) is 0 Å². The number of carboxylic acids is 1. The van der Waals surface area contributed by atoms with Gasteiger partial charge >= 0.3 is 16.3 Å². The normalized spacial score (nSPS) is 20.7. The number of ketones is 1. The molecular formula is C19H25N9O8S2. The standard InChI is InChI=1S/C19H25N9O8S2/c20-3-4-22-6-10-7-23-27(25-10)8-13-11(16(30)28(13)38(33,34)35)5-14(29)15(12-9-37-18(21)24-12)26-36-19(1-2-19)17(31)32/h7,9,11,13,22H,1-6,8,20H2,(H2,21,24)(H,31,32)(H,33,34,35)/b26-15-/t11-,13+/m0/s1. The smallest absolute Gasteiger partial charge is 0.362 e. The lowest BCUT2D eigenvalue weighted by Crippen LogP contribution is -2.64. The van der Waals surface area contributed by atoms with Crippen LogP contribution < -0.4 is 16.8 Å². The van der Waals surface area contributed by atoms with E-state index >= 15 is 0 Å². The Morgan fingerprint density at radius 3 is 2.68 bits per heavy atom. The zero-order valence-corrected chi connectivity index (χ0v) is 21.4. The second-order valence-corrected chi connectivity index (χ2v) is 10.8. The minimum absolute atomic E-state index is 0.0111. The minimum atomic E-state index is -4.93. The Balaban J connectivity index is 1.54. The molecule has 2 aliphatic rings. The van der Waals surface area contributed by atoms with Gasteiger partial charge in [0, 0.05) is 44.3 Å². The van der Waals surface area contributed by atoms with E-state index in [0.717, 1.165) is 16.1 Å². The number of carbonyl (C=O) groups is 3. The summed E-state index contributed by atoms with van der Waals surface area (Å²) in [7, 11) is -4.93. The van der Waals surface area contributed by atoms with Crippen LogP contribution in [0.3, 0.4) is 0 Å². The molecule has 1 aliphatic heterocycles. The molecule has 0 radical (unpaired) electrons. The molecule has 0 spiro atoms. The van der Waals surface area contributed by atoms with Gasteiger partial charge < -0.3 is 26.7 Å². The van der Waals surface area contributed by atoms with Gasteiger partial charge in [-0.3, -0.25) is 14.1 Å². The quantitative estimate of drug-likeness (QED) is 0.0540. The van der Waals surface area contributed by atoms with Gasteiger partial charge in [-0.1, -0.05) is 5.16 Å². The van der Waals surface area contributed by atoms with Gasteiger partial charge in [0.1, 0.15) is 5.69 Å². The van der Waals surface area contributed by atoms with E-state index in [1.54, 1.807) is 0 Å². The monoisotopic (exact) mass is 571 g/mol. The van der Waals surface area contributed by atoms with Crippen LogP contribution >= 0.6 is 11.3 Å². The molecule has 0 aromatic carbocycles. The van der Waals surface area contributed by atoms with E-state index in [9.17, 15) is 32.5 Å². The lowest BCUT2D eigenvalue weighted by atomic mass is 9.84. The molecule has 2 aromatic heterocycles. The van der Waals surface area contributed by atoms with Crippen LogP contribution in [0.1, 0.15) is 30.7 Å². The number of hydrogen-bond donors (Lipinski definition) is 5. The Kier molecular flexibility index (Phi) is 7.74. The Morgan fingerprint density at radius 2 is 2.11 bits per heavy atom.